The number of hydrogen-bond acceptors (Lipinski definition) is 5. The van der Waals surface area contributed by atoms with E-state index in [1.165, 1.54) is 12.8 Å². The lowest BCUT2D eigenvalue weighted by Gasteiger charge is -2.18. The third kappa shape index (κ3) is 2.74. The summed E-state index contributed by atoms with van der Waals surface area (Å²) in [4.78, 5) is 10.8. The number of halogens is 1. The Morgan fingerprint density at radius 3 is 2.62 bits per heavy atom. The van der Waals surface area contributed by atoms with Crippen LogP contribution in [0.15, 0.2) is 18.2 Å². The number of aromatic nitrogens is 2. The molecule has 0 amide bonds. The number of benzene rings is 1. The zero-order valence-corrected chi connectivity index (χ0v) is 12.6. The van der Waals surface area contributed by atoms with E-state index in [1.807, 2.05) is 13.0 Å². The predicted molar refractivity (Wildman–Crippen MR) is 84.7 cm³/mol. The van der Waals surface area contributed by atoms with Crippen LogP contribution in [0.1, 0.15) is 18.4 Å². The number of nitrogens with two attached hydrogens (primary N) is 1. The first-order valence-corrected chi connectivity index (χ1v) is 7.31. The second-order valence-electron chi connectivity index (χ2n) is 5.28. The second-order valence-corrected chi connectivity index (χ2v) is 5.69. The van der Waals surface area contributed by atoms with E-state index in [4.69, 9.17) is 17.3 Å². The molecule has 1 saturated heterocycles. The zero-order chi connectivity index (χ0) is 15.0. The van der Waals surface area contributed by atoms with Crippen LogP contribution < -0.4 is 10.6 Å². The van der Waals surface area contributed by atoms with Crippen molar-refractivity contribution >= 4 is 23.4 Å². The Labute approximate surface area is 128 Å². The van der Waals surface area contributed by atoms with Gasteiger partial charge in [-0.3, -0.25) is 0 Å². The Hall–Kier alpha value is -2.01. The van der Waals surface area contributed by atoms with Crippen LogP contribution in [0.2, 0.25) is 5.02 Å². The second kappa shape index (κ2) is 5.41. The summed E-state index contributed by atoms with van der Waals surface area (Å²) >= 11 is 6.01. The fourth-order valence-corrected chi connectivity index (χ4v) is 2.80. The highest BCUT2D eigenvalue weighted by molar-refractivity contribution is 6.32. The van der Waals surface area contributed by atoms with Crippen molar-refractivity contribution in [1.82, 2.24) is 9.97 Å². The van der Waals surface area contributed by atoms with Gasteiger partial charge >= 0.3 is 0 Å². The average molecular weight is 305 g/mol. The van der Waals surface area contributed by atoms with E-state index in [0.717, 1.165) is 35.7 Å². The molecule has 2 heterocycles. The van der Waals surface area contributed by atoms with E-state index in [-0.39, 0.29) is 11.7 Å². The molecular formula is C15H17ClN4O. The first-order valence-electron chi connectivity index (χ1n) is 6.93. The van der Waals surface area contributed by atoms with Gasteiger partial charge in [-0.2, -0.15) is 4.98 Å². The van der Waals surface area contributed by atoms with E-state index in [2.05, 4.69) is 14.9 Å². The van der Waals surface area contributed by atoms with Gasteiger partial charge in [0.05, 0.1) is 10.7 Å². The largest absolute Gasteiger partial charge is 0.506 e. The van der Waals surface area contributed by atoms with Crippen LogP contribution in [0.25, 0.3) is 11.3 Å². The smallest absolute Gasteiger partial charge is 0.222 e. The Kier molecular flexibility index (Phi) is 3.59. The molecule has 0 bridgehead atoms. The molecule has 1 aromatic heterocycles. The van der Waals surface area contributed by atoms with Crippen molar-refractivity contribution in [1.29, 1.82) is 0 Å². The van der Waals surface area contributed by atoms with Crippen LogP contribution in [0, 0.1) is 6.92 Å². The number of nitrogen functional groups attached to an aromatic ring is 1. The van der Waals surface area contributed by atoms with Crippen LogP contribution in [-0.4, -0.2) is 28.2 Å². The highest BCUT2D eigenvalue weighted by Gasteiger charge is 2.17. The number of anilines is 2. The number of phenols is 1. The molecule has 3 N–H and O–H groups in total. The molecular weight excluding hydrogens is 288 g/mol. The van der Waals surface area contributed by atoms with E-state index in [1.54, 1.807) is 12.1 Å². The molecule has 1 fully saturated rings. The van der Waals surface area contributed by atoms with Crippen molar-refractivity contribution in [3.05, 3.63) is 28.8 Å². The molecule has 0 unspecified atom stereocenters. The Bertz CT molecular complexity index is 684. The number of aromatic hydroxyl groups is 1. The molecule has 2 aromatic rings. The van der Waals surface area contributed by atoms with Gasteiger partial charge < -0.3 is 15.7 Å². The van der Waals surface area contributed by atoms with E-state index in [0.29, 0.717) is 5.02 Å². The lowest BCUT2D eigenvalue weighted by molar-refractivity contribution is 0.475. The summed E-state index contributed by atoms with van der Waals surface area (Å²) in [5, 5.41) is 9.96. The lowest BCUT2D eigenvalue weighted by atomic mass is 10.0. The molecule has 0 radical (unpaired) electrons. The van der Waals surface area contributed by atoms with Crippen LogP contribution in [-0.2, 0) is 0 Å². The first-order chi connectivity index (χ1) is 10.0. The minimum absolute atomic E-state index is 0.0692. The van der Waals surface area contributed by atoms with E-state index < -0.39 is 0 Å². The molecule has 3 rings (SSSR count). The summed E-state index contributed by atoms with van der Waals surface area (Å²) < 4.78 is 0. The summed E-state index contributed by atoms with van der Waals surface area (Å²) in [5.41, 5.74) is 8.32. The number of phenolic OH excluding ortho intramolecular Hbond substituents is 1. The Balaban J connectivity index is 2.08. The number of aryl methyl sites for hydroxylation is 1. The molecule has 21 heavy (non-hydrogen) atoms. The van der Waals surface area contributed by atoms with Crippen molar-refractivity contribution in [2.45, 2.75) is 19.8 Å². The Morgan fingerprint density at radius 1 is 1.19 bits per heavy atom. The normalized spacial score (nSPS) is 14.7. The van der Waals surface area contributed by atoms with Gasteiger partial charge in [0, 0.05) is 24.7 Å². The van der Waals surface area contributed by atoms with Crippen molar-refractivity contribution in [3.8, 4) is 17.0 Å². The van der Waals surface area contributed by atoms with Crippen LogP contribution in [0.4, 0.5) is 11.8 Å². The summed E-state index contributed by atoms with van der Waals surface area (Å²) in [7, 11) is 0. The third-order valence-electron chi connectivity index (χ3n) is 3.73. The van der Waals surface area contributed by atoms with Gasteiger partial charge in [-0.15, -0.1) is 0 Å². The molecule has 1 aromatic carbocycles. The summed E-state index contributed by atoms with van der Waals surface area (Å²) in [6, 6.07) is 5.27. The van der Waals surface area contributed by atoms with Gasteiger partial charge in [-0.25, -0.2) is 4.98 Å². The van der Waals surface area contributed by atoms with Crippen LogP contribution >= 0.6 is 11.6 Å². The fourth-order valence-electron chi connectivity index (χ4n) is 2.64. The molecule has 0 aliphatic carbocycles. The average Bonchev–Trinajstić information content (AvgIpc) is 2.96. The van der Waals surface area contributed by atoms with Gasteiger partial charge in [0.2, 0.25) is 5.95 Å². The topological polar surface area (TPSA) is 75.3 Å². The molecule has 5 nitrogen and oxygen atoms in total. The SMILES string of the molecule is Cc1cc(O)c(Cl)cc1-c1cc(N2CCCC2)nc(N)n1. The van der Waals surface area contributed by atoms with Crippen molar-refractivity contribution < 1.29 is 5.11 Å². The molecule has 0 saturated carbocycles. The molecule has 110 valence electrons. The Morgan fingerprint density at radius 2 is 1.90 bits per heavy atom. The standard InChI is InChI=1S/C15H17ClN4O/c1-9-6-13(21)11(16)7-10(9)12-8-14(19-15(17)18-12)20-4-2-3-5-20/h6-8,21H,2-5H2,1H3,(H2,17,18,19). The molecule has 6 heteroatoms. The fraction of sp³-hybridized carbons (Fsp3) is 0.333. The number of rotatable bonds is 2. The van der Waals surface area contributed by atoms with E-state index >= 15 is 0 Å². The molecule has 1 aliphatic heterocycles. The van der Waals surface area contributed by atoms with Gasteiger partial charge in [0.25, 0.3) is 0 Å². The lowest BCUT2D eigenvalue weighted by Crippen LogP contribution is -2.19. The van der Waals surface area contributed by atoms with Crippen molar-refractivity contribution in [2.24, 2.45) is 0 Å². The van der Waals surface area contributed by atoms with Crippen LogP contribution in [0.5, 0.6) is 5.75 Å². The quantitative estimate of drug-likeness (QED) is 0.892. The minimum atomic E-state index is 0.0692. The third-order valence-corrected chi connectivity index (χ3v) is 4.03. The van der Waals surface area contributed by atoms with Gasteiger partial charge in [0.15, 0.2) is 0 Å². The number of hydrogen-bond donors (Lipinski definition) is 2. The minimum Gasteiger partial charge on any atom is -0.506 e. The summed E-state index contributed by atoms with van der Waals surface area (Å²) in [6.07, 6.45) is 2.34. The predicted octanol–water partition coefficient (Wildman–Crippen LogP) is 2.99. The maximum absolute atomic E-state index is 9.66. The highest BCUT2D eigenvalue weighted by atomic mass is 35.5. The highest BCUT2D eigenvalue weighted by Crippen LogP contribution is 2.33. The number of nitrogens with zero attached hydrogens (tertiary/aromatic N) is 3. The van der Waals surface area contributed by atoms with Crippen molar-refractivity contribution in [2.75, 3.05) is 23.7 Å². The first kappa shape index (κ1) is 13.9. The van der Waals surface area contributed by atoms with Crippen molar-refractivity contribution in [3.63, 3.8) is 0 Å². The molecule has 0 atom stereocenters. The van der Waals surface area contributed by atoms with Gasteiger partial charge in [-0.05, 0) is 37.5 Å². The van der Waals surface area contributed by atoms with Gasteiger partial charge in [-0.1, -0.05) is 11.6 Å². The van der Waals surface area contributed by atoms with Crippen LogP contribution in [0.3, 0.4) is 0 Å². The monoisotopic (exact) mass is 304 g/mol. The summed E-state index contributed by atoms with van der Waals surface area (Å²) in [5.74, 6) is 1.16. The maximum atomic E-state index is 9.66. The molecule has 0 spiro atoms. The maximum Gasteiger partial charge on any atom is 0.222 e. The zero-order valence-electron chi connectivity index (χ0n) is 11.8. The van der Waals surface area contributed by atoms with Gasteiger partial charge in [0.1, 0.15) is 11.6 Å². The molecule has 1 aliphatic rings. The van der Waals surface area contributed by atoms with E-state index in [9.17, 15) is 5.11 Å². The summed E-state index contributed by atoms with van der Waals surface area (Å²) in [6.45, 7) is 3.88.